The summed E-state index contributed by atoms with van der Waals surface area (Å²) in [4.78, 5) is 23.1. The van der Waals surface area contributed by atoms with Crippen LogP contribution in [-0.2, 0) is 10.5 Å². The van der Waals surface area contributed by atoms with E-state index in [1.807, 2.05) is 11.4 Å². The Morgan fingerprint density at radius 1 is 1.22 bits per heavy atom. The molecular weight excluding hydrogens is 334 g/mol. The van der Waals surface area contributed by atoms with E-state index in [1.165, 1.54) is 17.0 Å². The fraction of sp³-hybridized carbons (Fsp3) is 0.267. The summed E-state index contributed by atoms with van der Waals surface area (Å²) >= 11 is 3.28. The van der Waals surface area contributed by atoms with E-state index in [1.54, 1.807) is 35.2 Å². The number of thioether (sulfide) groups is 1. The first-order chi connectivity index (χ1) is 11.1. The SMILES string of the molecule is O=C(CSCc1cccs1)NCCNc1ccc([N+](=O)[O-])cc1. The number of carbonyl (C=O) groups excluding carboxylic acids is 1. The fourth-order valence-corrected chi connectivity index (χ4v) is 3.50. The van der Waals surface area contributed by atoms with Crippen LogP contribution < -0.4 is 10.6 Å². The van der Waals surface area contributed by atoms with Crippen LogP contribution in [0, 0.1) is 10.1 Å². The number of hydrogen-bond donors (Lipinski definition) is 2. The zero-order valence-corrected chi connectivity index (χ0v) is 14.0. The van der Waals surface area contributed by atoms with Crippen LogP contribution in [-0.4, -0.2) is 29.7 Å². The van der Waals surface area contributed by atoms with E-state index in [-0.39, 0.29) is 11.6 Å². The Morgan fingerprint density at radius 3 is 2.65 bits per heavy atom. The van der Waals surface area contributed by atoms with Gasteiger partial charge in [-0.05, 0) is 23.6 Å². The summed E-state index contributed by atoms with van der Waals surface area (Å²) < 4.78 is 0. The number of thiophene rings is 1. The number of rotatable bonds is 9. The monoisotopic (exact) mass is 351 g/mol. The lowest BCUT2D eigenvalue weighted by Gasteiger charge is -2.07. The van der Waals surface area contributed by atoms with E-state index in [4.69, 9.17) is 0 Å². The predicted molar refractivity (Wildman–Crippen MR) is 95.1 cm³/mol. The lowest BCUT2D eigenvalue weighted by molar-refractivity contribution is -0.384. The number of benzene rings is 1. The quantitative estimate of drug-likeness (QED) is 0.412. The Bertz CT molecular complexity index is 630. The number of non-ortho nitro benzene ring substituents is 1. The van der Waals surface area contributed by atoms with Crippen LogP contribution in [0.5, 0.6) is 0 Å². The van der Waals surface area contributed by atoms with Crippen molar-refractivity contribution in [3.05, 3.63) is 56.8 Å². The molecule has 0 aliphatic carbocycles. The highest BCUT2D eigenvalue weighted by Crippen LogP contribution is 2.17. The molecule has 23 heavy (non-hydrogen) atoms. The molecule has 0 unspecified atom stereocenters. The minimum absolute atomic E-state index is 0.0112. The van der Waals surface area contributed by atoms with Gasteiger partial charge in [-0.1, -0.05) is 6.07 Å². The average Bonchev–Trinajstić information content (AvgIpc) is 3.05. The number of amides is 1. The summed E-state index contributed by atoms with van der Waals surface area (Å²) in [5, 5.41) is 18.5. The minimum Gasteiger partial charge on any atom is -0.383 e. The molecule has 1 aromatic carbocycles. The number of nitro groups is 1. The third kappa shape index (κ3) is 6.29. The van der Waals surface area contributed by atoms with Crippen LogP contribution in [0.4, 0.5) is 11.4 Å². The second kappa shape index (κ2) is 9.16. The normalized spacial score (nSPS) is 10.3. The Labute approximate surface area is 142 Å². The molecule has 2 N–H and O–H groups in total. The maximum Gasteiger partial charge on any atom is 0.269 e. The van der Waals surface area contributed by atoms with E-state index in [2.05, 4.69) is 16.7 Å². The lowest BCUT2D eigenvalue weighted by Crippen LogP contribution is -2.30. The molecule has 1 aromatic heterocycles. The van der Waals surface area contributed by atoms with Crippen LogP contribution in [0.2, 0.25) is 0 Å². The Morgan fingerprint density at radius 2 is 2.00 bits per heavy atom. The number of nitro benzene ring substituents is 1. The molecule has 0 atom stereocenters. The average molecular weight is 351 g/mol. The first-order valence-electron chi connectivity index (χ1n) is 7.00. The summed E-state index contributed by atoms with van der Waals surface area (Å²) in [5.74, 6) is 1.30. The molecule has 2 aromatic rings. The number of anilines is 1. The van der Waals surface area contributed by atoms with E-state index < -0.39 is 4.92 Å². The van der Waals surface area contributed by atoms with Gasteiger partial charge >= 0.3 is 0 Å². The molecule has 0 saturated heterocycles. The van der Waals surface area contributed by atoms with Crippen LogP contribution in [0.1, 0.15) is 4.88 Å². The highest BCUT2D eigenvalue weighted by molar-refractivity contribution is 7.99. The molecule has 2 rings (SSSR count). The van der Waals surface area contributed by atoms with Gasteiger partial charge in [-0.15, -0.1) is 23.1 Å². The number of carbonyl (C=O) groups is 1. The standard InChI is InChI=1S/C15H17N3O3S2/c19-15(11-22-10-14-2-1-9-23-14)17-8-7-16-12-3-5-13(6-4-12)18(20)21/h1-6,9,16H,7-8,10-11H2,(H,17,19). The Hall–Kier alpha value is -2.06. The largest absolute Gasteiger partial charge is 0.383 e. The van der Waals surface area contributed by atoms with Gasteiger partial charge < -0.3 is 10.6 Å². The van der Waals surface area contributed by atoms with Gasteiger partial charge in [0, 0.05) is 41.5 Å². The third-order valence-electron chi connectivity index (χ3n) is 2.91. The number of hydrogen-bond acceptors (Lipinski definition) is 6. The van der Waals surface area contributed by atoms with Gasteiger partial charge in [-0.3, -0.25) is 14.9 Å². The van der Waals surface area contributed by atoms with Crippen molar-refractivity contribution in [1.82, 2.24) is 5.32 Å². The van der Waals surface area contributed by atoms with E-state index in [9.17, 15) is 14.9 Å². The topological polar surface area (TPSA) is 84.3 Å². The van der Waals surface area contributed by atoms with Crippen LogP contribution in [0.25, 0.3) is 0 Å². The van der Waals surface area contributed by atoms with E-state index in [0.29, 0.717) is 18.8 Å². The van der Waals surface area contributed by atoms with Crippen molar-refractivity contribution in [3.8, 4) is 0 Å². The van der Waals surface area contributed by atoms with Crippen LogP contribution in [0.3, 0.4) is 0 Å². The van der Waals surface area contributed by atoms with Crippen molar-refractivity contribution in [2.45, 2.75) is 5.75 Å². The van der Waals surface area contributed by atoms with E-state index in [0.717, 1.165) is 11.4 Å². The highest BCUT2D eigenvalue weighted by Gasteiger charge is 2.04. The second-order valence-electron chi connectivity index (χ2n) is 4.65. The van der Waals surface area contributed by atoms with Crippen molar-refractivity contribution in [3.63, 3.8) is 0 Å². The Balaban J connectivity index is 1.57. The van der Waals surface area contributed by atoms with Gasteiger partial charge in [0.1, 0.15) is 0 Å². The third-order valence-corrected chi connectivity index (χ3v) is 4.95. The second-order valence-corrected chi connectivity index (χ2v) is 6.67. The first-order valence-corrected chi connectivity index (χ1v) is 9.04. The fourth-order valence-electron chi connectivity index (χ4n) is 1.80. The summed E-state index contributed by atoms with van der Waals surface area (Å²) in [6.45, 7) is 1.08. The van der Waals surface area contributed by atoms with Gasteiger partial charge in [0.25, 0.3) is 5.69 Å². The van der Waals surface area contributed by atoms with Gasteiger partial charge in [0.05, 0.1) is 10.7 Å². The zero-order valence-electron chi connectivity index (χ0n) is 12.4. The summed E-state index contributed by atoms with van der Waals surface area (Å²) in [7, 11) is 0. The lowest BCUT2D eigenvalue weighted by atomic mass is 10.3. The smallest absolute Gasteiger partial charge is 0.269 e. The molecule has 0 fully saturated rings. The van der Waals surface area contributed by atoms with Crippen molar-refractivity contribution in [2.24, 2.45) is 0 Å². The van der Waals surface area contributed by atoms with Crippen molar-refractivity contribution >= 4 is 40.4 Å². The van der Waals surface area contributed by atoms with Gasteiger partial charge in [0.2, 0.25) is 5.91 Å². The molecule has 0 aliphatic heterocycles. The number of nitrogens with zero attached hydrogens (tertiary/aromatic N) is 1. The van der Waals surface area contributed by atoms with Crippen molar-refractivity contribution < 1.29 is 9.72 Å². The molecule has 1 amide bonds. The maximum atomic E-state index is 11.7. The van der Waals surface area contributed by atoms with Gasteiger partial charge in [-0.25, -0.2) is 0 Å². The first kappa shape index (κ1) is 17.3. The molecule has 0 aliphatic rings. The highest BCUT2D eigenvalue weighted by atomic mass is 32.2. The Kier molecular flexibility index (Phi) is 6.89. The molecule has 0 spiro atoms. The zero-order chi connectivity index (χ0) is 16.5. The number of nitrogens with one attached hydrogen (secondary N) is 2. The molecule has 6 nitrogen and oxygen atoms in total. The van der Waals surface area contributed by atoms with Crippen molar-refractivity contribution in [1.29, 1.82) is 0 Å². The van der Waals surface area contributed by atoms with E-state index >= 15 is 0 Å². The molecule has 8 heteroatoms. The molecule has 1 heterocycles. The molecule has 0 radical (unpaired) electrons. The van der Waals surface area contributed by atoms with Crippen LogP contribution >= 0.6 is 23.1 Å². The summed E-state index contributed by atoms with van der Waals surface area (Å²) in [5.41, 5.74) is 0.850. The van der Waals surface area contributed by atoms with Crippen LogP contribution in [0.15, 0.2) is 41.8 Å². The maximum absolute atomic E-state index is 11.7. The summed E-state index contributed by atoms with van der Waals surface area (Å²) in [6, 6.07) is 10.3. The minimum atomic E-state index is -0.433. The molecule has 122 valence electrons. The molecule has 0 saturated carbocycles. The van der Waals surface area contributed by atoms with Gasteiger partial charge in [-0.2, -0.15) is 0 Å². The van der Waals surface area contributed by atoms with Gasteiger partial charge in [0.15, 0.2) is 0 Å². The summed E-state index contributed by atoms with van der Waals surface area (Å²) in [6.07, 6.45) is 0. The predicted octanol–water partition coefficient (Wildman–Crippen LogP) is 3.12. The molecular formula is C15H17N3O3S2. The van der Waals surface area contributed by atoms with Crippen molar-refractivity contribution in [2.75, 3.05) is 24.2 Å². The molecule has 0 bridgehead atoms.